The van der Waals surface area contributed by atoms with Crippen LogP contribution in [0.2, 0.25) is 0 Å². The Bertz CT molecular complexity index is 359. The molecule has 1 N–H and O–H groups in total. The molecule has 120 valence electrons. The lowest BCUT2D eigenvalue weighted by Crippen LogP contribution is -2.26. The van der Waals surface area contributed by atoms with E-state index in [0.29, 0.717) is 0 Å². The molecule has 3 nitrogen and oxygen atoms in total. The first-order valence-electron chi connectivity index (χ1n) is 8.31. The van der Waals surface area contributed by atoms with Gasteiger partial charge in [-0.3, -0.25) is 4.90 Å². The van der Waals surface area contributed by atoms with E-state index in [1.807, 2.05) is 0 Å². The van der Waals surface area contributed by atoms with Crippen LogP contribution in [0.3, 0.4) is 0 Å². The van der Waals surface area contributed by atoms with Gasteiger partial charge in [-0.2, -0.15) is 0 Å². The minimum Gasteiger partial charge on any atom is -0.313 e. The largest absolute Gasteiger partial charge is 0.313 e. The molecule has 0 aliphatic heterocycles. The van der Waals surface area contributed by atoms with E-state index in [0.717, 1.165) is 26.2 Å². The van der Waals surface area contributed by atoms with E-state index in [2.05, 4.69) is 67.3 Å². The van der Waals surface area contributed by atoms with E-state index in [1.165, 1.54) is 37.1 Å². The fourth-order valence-corrected chi connectivity index (χ4v) is 2.39. The minimum atomic E-state index is 0.981. The van der Waals surface area contributed by atoms with Gasteiger partial charge in [0.25, 0.3) is 0 Å². The van der Waals surface area contributed by atoms with Gasteiger partial charge in [-0.15, -0.1) is 0 Å². The van der Waals surface area contributed by atoms with E-state index in [-0.39, 0.29) is 0 Å². The van der Waals surface area contributed by atoms with E-state index < -0.39 is 0 Å². The molecule has 1 rings (SSSR count). The summed E-state index contributed by atoms with van der Waals surface area (Å²) in [6.45, 7) is 11.0. The number of nitrogens with one attached hydrogen (secondary N) is 1. The lowest BCUT2D eigenvalue weighted by Gasteiger charge is -2.21. The number of hydrogen-bond donors (Lipinski definition) is 1. The Labute approximate surface area is 131 Å². The van der Waals surface area contributed by atoms with Crippen LogP contribution in [0.25, 0.3) is 0 Å². The summed E-state index contributed by atoms with van der Waals surface area (Å²) in [6, 6.07) is 9.06. The van der Waals surface area contributed by atoms with Crippen LogP contribution < -0.4 is 5.32 Å². The zero-order chi connectivity index (χ0) is 15.5. The van der Waals surface area contributed by atoms with Gasteiger partial charge in [0, 0.05) is 13.1 Å². The highest BCUT2D eigenvalue weighted by Gasteiger charge is 2.04. The second-order valence-corrected chi connectivity index (χ2v) is 6.02. The Balaban J connectivity index is 2.37. The van der Waals surface area contributed by atoms with Crippen molar-refractivity contribution in [3.8, 4) is 0 Å². The molecule has 0 heterocycles. The topological polar surface area (TPSA) is 18.5 Å². The minimum absolute atomic E-state index is 0.981. The first-order chi connectivity index (χ1) is 10.2. The van der Waals surface area contributed by atoms with Crippen molar-refractivity contribution in [3.63, 3.8) is 0 Å². The summed E-state index contributed by atoms with van der Waals surface area (Å²) in [5.74, 6) is 0. The van der Waals surface area contributed by atoms with Crippen LogP contribution in [0.1, 0.15) is 37.8 Å². The molecule has 0 saturated carbocycles. The summed E-state index contributed by atoms with van der Waals surface area (Å²) in [6.07, 6.45) is 2.43. The molecule has 0 aliphatic carbocycles. The van der Waals surface area contributed by atoms with Gasteiger partial charge >= 0.3 is 0 Å². The summed E-state index contributed by atoms with van der Waals surface area (Å²) in [5, 5.41) is 3.45. The highest BCUT2D eigenvalue weighted by atomic mass is 15.1. The fraction of sp³-hybridized carbons (Fsp3) is 0.667. The maximum atomic E-state index is 3.45. The summed E-state index contributed by atoms with van der Waals surface area (Å²) < 4.78 is 0. The van der Waals surface area contributed by atoms with Gasteiger partial charge in [-0.05, 0) is 64.2 Å². The molecule has 3 heteroatoms. The fourth-order valence-electron chi connectivity index (χ4n) is 2.39. The molecule has 0 bridgehead atoms. The molecule has 0 aromatic heterocycles. The third-order valence-corrected chi connectivity index (χ3v) is 3.71. The molecule has 0 amide bonds. The maximum absolute atomic E-state index is 3.45. The molecular weight excluding hydrogens is 258 g/mol. The Morgan fingerprint density at radius 3 is 2.19 bits per heavy atom. The Morgan fingerprint density at radius 1 is 0.952 bits per heavy atom. The first kappa shape index (κ1) is 18.1. The summed E-state index contributed by atoms with van der Waals surface area (Å²) in [7, 11) is 4.28. The first-order valence-corrected chi connectivity index (χ1v) is 8.31. The number of hydrogen-bond acceptors (Lipinski definition) is 3. The summed E-state index contributed by atoms with van der Waals surface area (Å²) in [4.78, 5) is 4.78. The van der Waals surface area contributed by atoms with Crippen molar-refractivity contribution < 1.29 is 0 Å². The second kappa shape index (κ2) is 10.8. The zero-order valence-corrected chi connectivity index (χ0v) is 14.4. The molecule has 0 fully saturated rings. The van der Waals surface area contributed by atoms with Crippen LogP contribution >= 0.6 is 0 Å². The lowest BCUT2D eigenvalue weighted by molar-refractivity contribution is 0.259. The SMILES string of the molecule is CCCNCc1ccc(CN(CC)CCCN(C)C)cc1. The van der Waals surface area contributed by atoms with Gasteiger partial charge in [0.2, 0.25) is 0 Å². The van der Waals surface area contributed by atoms with Crippen molar-refractivity contribution in [1.82, 2.24) is 15.1 Å². The molecule has 0 unspecified atom stereocenters. The third-order valence-electron chi connectivity index (χ3n) is 3.71. The highest BCUT2D eigenvalue weighted by molar-refractivity contribution is 5.22. The monoisotopic (exact) mass is 291 g/mol. The van der Waals surface area contributed by atoms with E-state index in [1.54, 1.807) is 0 Å². The molecule has 0 saturated heterocycles. The number of nitrogens with zero attached hydrogens (tertiary/aromatic N) is 2. The lowest BCUT2D eigenvalue weighted by atomic mass is 10.1. The van der Waals surface area contributed by atoms with Crippen LogP contribution in [0.5, 0.6) is 0 Å². The highest BCUT2D eigenvalue weighted by Crippen LogP contribution is 2.08. The van der Waals surface area contributed by atoms with Gasteiger partial charge in [-0.25, -0.2) is 0 Å². The zero-order valence-electron chi connectivity index (χ0n) is 14.4. The predicted molar refractivity (Wildman–Crippen MR) is 92.6 cm³/mol. The van der Waals surface area contributed by atoms with Crippen molar-refractivity contribution in [1.29, 1.82) is 0 Å². The van der Waals surface area contributed by atoms with E-state index >= 15 is 0 Å². The van der Waals surface area contributed by atoms with Gasteiger partial charge in [0.05, 0.1) is 0 Å². The number of benzene rings is 1. The van der Waals surface area contributed by atoms with E-state index in [4.69, 9.17) is 0 Å². The standard InChI is InChI=1S/C18H33N3/c1-5-12-19-15-17-8-10-18(11-9-17)16-21(6-2)14-7-13-20(3)4/h8-11,19H,5-7,12-16H2,1-4H3. The van der Waals surface area contributed by atoms with Gasteiger partial charge < -0.3 is 10.2 Å². The molecular formula is C18H33N3. The van der Waals surface area contributed by atoms with Crippen LogP contribution in [-0.4, -0.2) is 50.1 Å². The molecule has 1 aromatic carbocycles. The van der Waals surface area contributed by atoms with Crippen LogP contribution in [0.4, 0.5) is 0 Å². The smallest absolute Gasteiger partial charge is 0.0233 e. The Morgan fingerprint density at radius 2 is 1.62 bits per heavy atom. The Kier molecular flexibility index (Phi) is 9.31. The van der Waals surface area contributed by atoms with Crippen LogP contribution in [-0.2, 0) is 13.1 Å². The average molecular weight is 291 g/mol. The quantitative estimate of drug-likeness (QED) is 0.632. The Hall–Kier alpha value is -0.900. The molecule has 1 aromatic rings. The maximum Gasteiger partial charge on any atom is 0.0233 e. The number of rotatable bonds is 11. The molecule has 21 heavy (non-hydrogen) atoms. The normalized spacial score (nSPS) is 11.5. The predicted octanol–water partition coefficient (Wildman–Crippen LogP) is 2.96. The van der Waals surface area contributed by atoms with Crippen molar-refractivity contribution >= 4 is 0 Å². The molecule has 0 spiro atoms. The van der Waals surface area contributed by atoms with Crippen LogP contribution in [0, 0.1) is 0 Å². The van der Waals surface area contributed by atoms with Crippen molar-refractivity contribution in [2.75, 3.05) is 40.3 Å². The molecule has 0 atom stereocenters. The van der Waals surface area contributed by atoms with Crippen molar-refractivity contribution in [2.45, 2.75) is 39.8 Å². The van der Waals surface area contributed by atoms with Gasteiger partial charge in [0.15, 0.2) is 0 Å². The van der Waals surface area contributed by atoms with Gasteiger partial charge in [-0.1, -0.05) is 38.1 Å². The molecule has 0 aliphatic rings. The van der Waals surface area contributed by atoms with Crippen LogP contribution in [0.15, 0.2) is 24.3 Å². The summed E-state index contributed by atoms with van der Waals surface area (Å²) in [5.41, 5.74) is 2.80. The van der Waals surface area contributed by atoms with E-state index in [9.17, 15) is 0 Å². The van der Waals surface area contributed by atoms with Crippen molar-refractivity contribution in [3.05, 3.63) is 35.4 Å². The average Bonchev–Trinajstić information content (AvgIpc) is 2.48. The van der Waals surface area contributed by atoms with Crippen molar-refractivity contribution in [2.24, 2.45) is 0 Å². The molecule has 0 radical (unpaired) electrons. The third kappa shape index (κ3) is 8.20. The second-order valence-electron chi connectivity index (χ2n) is 6.02. The summed E-state index contributed by atoms with van der Waals surface area (Å²) >= 11 is 0. The van der Waals surface area contributed by atoms with Gasteiger partial charge in [0.1, 0.15) is 0 Å².